The Morgan fingerprint density at radius 1 is 1.09 bits per heavy atom. The monoisotopic (exact) mass is 474 g/mol. The summed E-state index contributed by atoms with van der Waals surface area (Å²) in [6, 6.07) is 5.70. The van der Waals surface area contributed by atoms with Gasteiger partial charge in [0.1, 0.15) is 23.8 Å². The third-order valence-corrected chi connectivity index (χ3v) is 6.14. The number of carbonyl (C=O) groups is 2. The van der Waals surface area contributed by atoms with Crippen LogP contribution in [0.2, 0.25) is 0 Å². The standard InChI is InChI=1S/C24H31FN4O5/c1-27-16-19(15-26-27)2-7-22(30)29-10-13-34-24(17-29,14-23(31)28-8-11-32-12-9-28)18-33-21-5-3-20(25)4-6-21/h3-6,15-16H,2,7-14,17-18H2,1H3. The van der Waals surface area contributed by atoms with Crippen LogP contribution in [0.3, 0.4) is 0 Å². The highest BCUT2D eigenvalue weighted by Gasteiger charge is 2.42. The van der Waals surface area contributed by atoms with E-state index in [1.807, 2.05) is 13.2 Å². The zero-order valence-corrected chi connectivity index (χ0v) is 19.5. The van der Waals surface area contributed by atoms with Gasteiger partial charge in [0.2, 0.25) is 11.8 Å². The Morgan fingerprint density at radius 3 is 2.53 bits per heavy atom. The van der Waals surface area contributed by atoms with Gasteiger partial charge in [0.25, 0.3) is 0 Å². The summed E-state index contributed by atoms with van der Waals surface area (Å²) >= 11 is 0. The van der Waals surface area contributed by atoms with Gasteiger partial charge in [-0.2, -0.15) is 5.10 Å². The van der Waals surface area contributed by atoms with Crippen LogP contribution >= 0.6 is 0 Å². The van der Waals surface area contributed by atoms with Crippen LogP contribution < -0.4 is 4.74 Å². The summed E-state index contributed by atoms with van der Waals surface area (Å²) in [5, 5.41) is 4.15. The van der Waals surface area contributed by atoms with E-state index < -0.39 is 5.60 Å². The van der Waals surface area contributed by atoms with E-state index in [4.69, 9.17) is 14.2 Å². The lowest BCUT2D eigenvalue weighted by atomic mass is 9.96. The lowest BCUT2D eigenvalue weighted by Gasteiger charge is -2.43. The largest absolute Gasteiger partial charge is 0.490 e. The first-order valence-corrected chi connectivity index (χ1v) is 11.6. The zero-order chi connectivity index (χ0) is 24.0. The van der Waals surface area contributed by atoms with Crippen LogP contribution in [-0.2, 0) is 32.5 Å². The molecule has 0 spiro atoms. The summed E-state index contributed by atoms with van der Waals surface area (Å²) in [5.41, 5.74) is 0.00363. The number of nitrogens with zero attached hydrogens (tertiary/aromatic N) is 4. The van der Waals surface area contributed by atoms with Crippen LogP contribution in [0, 0.1) is 5.82 Å². The number of morpholine rings is 2. The molecular weight excluding hydrogens is 443 g/mol. The Balaban J connectivity index is 1.44. The predicted molar refractivity (Wildman–Crippen MR) is 121 cm³/mol. The molecule has 4 rings (SSSR count). The van der Waals surface area contributed by atoms with Crippen LogP contribution in [0.4, 0.5) is 4.39 Å². The van der Waals surface area contributed by atoms with Crippen molar-refractivity contribution < 1.29 is 28.2 Å². The van der Waals surface area contributed by atoms with E-state index in [0.29, 0.717) is 58.0 Å². The maximum Gasteiger partial charge on any atom is 0.225 e. The lowest BCUT2D eigenvalue weighted by molar-refractivity contribution is -0.167. The van der Waals surface area contributed by atoms with Gasteiger partial charge in [-0.3, -0.25) is 14.3 Å². The second-order valence-corrected chi connectivity index (χ2v) is 8.78. The molecule has 0 N–H and O–H groups in total. The van der Waals surface area contributed by atoms with Crippen molar-refractivity contribution in [1.29, 1.82) is 0 Å². The molecule has 9 nitrogen and oxygen atoms in total. The van der Waals surface area contributed by atoms with Gasteiger partial charge in [0.15, 0.2) is 0 Å². The quantitative estimate of drug-likeness (QED) is 0.575. The van der Waals surface area contributed by atoms with Gasteiger partial charge >= 0.3 is 0 Å². The van der Waals surface area contributed by atoms with Gasteiger partial charge in [-0.15, -0.1) is 0 Å². The number of rotatable bonds is 8. The Hall–Kier alpha value is -2.98. The third-order valence-electron chi connectivity index (χ3n) is 6.14. The van der Waals surface area contributed by atoms with Crippen LogP contribution in [-0.4, -0.2) is 89.6 Å². The van der Waals surface area contributed by atoms with E-state index in [2.05, 4.69) is 5.10 Å². The van der Waals surface area contributed by atoms with Gasteiger partial charge in [-0.25, -0.2) is 4.39 Å². The van der Waals surface area contributed by atoms with Crippen molar-refractivity contribution in [3.05, 3.63) is 48.0 Å². The Kier molecular flexibility index (Phi) is 7.79. The summed E-state index contributed by atoms with van der Waals surface area (Å²) in [5.74, 6) is 0.0554. The van der Waals surface area contributed by atoms with Crippen molar-refractivity contribution in [2.75, 3.05) is 52.6 Å². The van der Waals surface area contributed by atoms with E-state index in [1.165, 1.54) is 24.3 Å². The lowest BCUT2D eigenvalue weighted by Crippen LogP contribution is -2.58. The summed E-state index contributed by atoms with van der Waals surface area (Å²) in [6.45, 7) is 3.15. The minimum absolute atomic E-state index is 0.00266. The van der Waals surface area contributed by atoms with Crippen molar-refractivity contribution in [3.63, 3.8) is 0 Å². The second kappa shape index (κ2) is 11.0. The summed E-state index contributed by atoms with van der Waals surface area (Å²) in [7, 11) is 1.84. The Morgan fingerprint density at radius 2 is 1.82 bits per heavy atom. The number of carbonyl (C=O) groups excluding carboxylic acids is 2. The molecule has 1 atom stereocenters. The zero-order valence-electron chi connectivity index (χ0n) is 19.5. The van der Waals surface area contributed by atoms with Gasteiger partial charge in [-0.1, -0.05) is 0 Å². The van der Waals surface area contributed by atoms with Crippen molar-refractivity contribution in [2.45, 2.75) is 24.9 Å². The van der Waals surface area contributed by atoms with Gasteiger partial charge < -0.3 is 24.0 Å². The van der Waals surface area contributed by atoms with Crippen LogP contribution in [0.1, 0.15) is 18.4 Å². The molecule has 2 aromatic rings. The number of amides is 2. The van der Waals surface area contributed by atoms with Crippen LogP contribution in [0.5, 0.6) is 5.75 Å². The number of benzene rings is 1. The van der Waals surface area contributed by atoms with Crippen LogP contribution in [0.25, 0.3) is 0 Å². The minimum Gasteiger partial charge on any atom is -0.490 e. The van der Waals surface area contributed by atoms with E-state index in [9.17, 15) is 14.0 Å². The fourth-order valence-electron chi connectivity index (χ4n) is 4.26. The minimum atomic E-state index is -0.994. The van der Waals surface area contributed by atoms with Gasteiger partial charge in [0.05, 0.1) is 39.0 Å². The maximum atomic E-state index is 13.3. The molecule has 2 fully saturated rings. The molecule has 2 aliphatic rings. The molecule has 184 valence electrons. The molecule has 10 heteroatoms. The number of ether oxygens (including phenoxy) is 3. The van der Waals surface area contributed by atoms with Crippen molar-refractivity contribution in [1.82, 2.24) is 19.6 Å². The SMILES string of the molecule is Cn1cc(CCC(=O)N2CCOC(COc3ccc(F)cc3)(CC(=O)N3CCOCC3)C2)cn1. The van der Waals surface area contributed by atoms with E-state index in [1.54, 1.807) is 20.7 Å². The Labute approximate surface area is 198 Å². The topological polar surface area (TPSA) is 86.1 Å². The fraction of sp³-hybridized carbons (Fsp3) is 0.542. The molecule has 34 heavy (non-hydrogen) atoms. The average Bonchev–Trinajstić information content (AvgIpc) is 3.28. The second-order valence-electron chi connectivity index (χ2n) is 8.78. The van der Waals surface area contributed by atoms with E-state index in [0.717, 1.165) is 5.56 Å². The molecule has 0 aliphatic carbocycles. The van der Waals surface area contributed by atoms with Gasteiger partial charge in [-0.05, 0) is 36.2 Å². The molecule has 3 heterocycles. The summed E-state index contributed by atoms with van der Waals surface area (Å²) in [4.78, 5) is 29.6. The predicted octanol–water partition coefficient (Wildman–Crippen LogP) is 1.42. The number of hydrogen-bond acceptors (Lipinski definition) is 6. The molecular formula is C24H31FN4O5. The average molecular weight is 475 g/mol. The first kappa shape index (κ1) is 24.2. The smallest absolute Gasteiger partial charge is 0.225 e. The third kappa shape index (κ3) is 6.32. The molecule has 0 radical (unpaired) electrons. The van der Waals surface area contributed by atoms with Crippen LogP contribution in [0.15, 0.2) is 36.7 Å². The fourth-order valence-corrected chi connectivity index (χ4v) is 4.26. The summed E-state index contributed by atoms with van der Waals surface area (Å²) in [6.07, 6.45) is 4.68. The van der Waals surface area contributed by atoms with E-state index in [-0.39, 0.29) is 37.2 Å². The normalized spacial score (nSPS) is 20.9. The molecule has 0 saturated carbocycles. The maximum absolute atomic E-state index is 13.3. The first-order valence-electron chi connectivity index (χ1n) is 11.6. The van der Waals surface area contributed by atoms with Gasteiger partial charge in [0, 0.05) is 39.3 Å². The highest BCUT2D eigenvalue weighted by molar-refractivity contribution is 5.79. The molecule has 1 unspecified atom stereocenters. The highest BCUT2D eigenvalue weighted by Crippen LogP contribution is 2.26. The molecule has 1 aromatic carbocycles. The molecule has 0 bridgehead atoms. The number of aryl methyl sites for hydroxylation is 2. The molecule has 1 aromatic heterocycles. The van der Waals surface area contributed by atoms with E-state index >= 15 is 0 Å². The van der Waals surface area contributed by atoms with Crippen molar-refractivity contribution in [3.8, 4) is 5.75 Å². The van der Waals surface area contributed by atoms with Crippen molar-refractivity contribution >= 4 is 11.8 Å². The van der Waals surface area contributed by atoms with Crippen molar-refractivity contribution in [2.24, 2.45) is 7.05 Å². The summed E-state index contributed by atoms with van der Waals surface area (Å²) < 4.78 is 32.4. The highest BCUT2D eigenvalue weighted by atomic mass is 19.1. The Bertz CT molecular complexity index is 976. The molecule has 2 aliphatic heterocycles. The first-order chi connectivity index (χ1) is 16.4. The number of aromatic nitrogens is 2. The number of halogens is 1. The molecule has 2 saturated heterocycles. The number of hydrogen-bond donors (Lipinski definition) is 0. The molecule has 2 amide bonds.